The summed E-state index contributed by atoms with van der Waals surface area (Å²) in [4.78, 5) is 22.9. The van der Waals surface area contributed by atoms with E-state index in [1.54, 1.807) is 0 Å². The molecule has 1 N–H and O–H groups in total. The Labute approximate surface area is 333 Å². The maximum absolute atomic E-state index is 11.7. The number of rotatable bonds is 11. The molecule has 53 heavy (non-hydrogen) atoms. The normalized spacial score (nSPS) is 12.4. The Morgan fingerprint density at radius 1 is 0.868 bits per heavy atom. The van der Waals surface area contributed by atoms with Crippen LogP contribution in [-0.4, -0.2) is 20.9 Å². The van der Waals surface area contributed by atoms with Crippen molar-refractivity contribution < 1.29 is 30.0 Å². The number of nitrogens with zero attached hydrogens (tertiary/aromatic N) is 2. The zero-order valence-corrected chi connectivity index (χ0v) is 35.0. The SMILES string of the molecule is CC(C)Cc1cc2c(cn1)CCc1c-2sc2ccnc(-c3[c-]c4ccccc4c(-c4ccccc4)c3)c12.CCC(CC)C(=O)/C=C(\O)C(CC)CC.[Ir]. The molecule has 1 radical (unpaired) electrons. The van der Waals surface area contributed by atoms with Crippen LogP contribution in [0.1, 0.15) is 84.0 Å². The van der Waals surface area contributed by atoms with Crippen LogP contribution in [0.3, 0.4) is 0 Å². The molecule has 0 spiro atoms. The van der Waals surface area contributed by atoms with Gasteiger partial charge >= 0.3 is 0 Å². The summed E-state index contributed by atoms with van der Waals surface area (Å²) >= 11 is 1.90. The Morgan fingerprint density at radius 2 is 1.57 bits per heavy atom. The molecule has 0 fully saturated rings. The van der Waals surface area contributed by atoms with Crippen LogP contribution < -0.4 is 0 Å². The largest absolute Gasteiger partial charge is 0.512 e. The summed E-state index contributed by atoms with van der Waals surface area (Å²) in [5, 5.41) is 13.4. The van der Waals surface area contributed by atoms with E-state index < -0.39 is 0 Å². The van der Waals surface area contributed by atoms with Crippen LogP contribution in [0.15, 0.2) is 97.0 Å². The maximum atomic E-state index is 11.7. The smallest absolute Gasteiger partial charge is 0.162 e. The fourth-order valence-corrected chi connectivity index (χ4v) is 8.79. The Bertz CT molecular complexity index is 2200. The van der Waals surface area contributed by atoms with Crippen molar-refractivity contribution in [2.24, 2.45) is 17.8 Å². The van der Waals surface area contributed by atoms with Gasteiger partial charge in [0.05, 0.1) is 5.76 Å². The first-order valence-corrected chi connectivity index (χ1v) is 19.9. The van der Waals surface area contributed by atoms with Crippen LogP contribution in [0, 0.1) is 23.8 Å². The monoisotopic (exact) mass is 900 g/mol. The van der Waals surface area contributed by atoms with Crippen molar-refractivity contribution in [3.05, 3.63) is 120 Å². The second-order valence-electron chi connectivity index (χ2n) is 14.4. The van der Waals surface area contributed by atoms with Crippen LogP contribution in [0.4, 0.5) is 0 Å². The molecule has 1 aliphatic carbocycles. The van der Waals surface area contributed by atoms with Gasteiger partial charge in [-0.3, -0.25) is 14.8 Å². The molecule has 3 heterocycles. The number of aryl methyl sites for hydroxylation is 2. The van der Waals surface area contributed by atoms with E-state index in [2.05, 4.69) is 98.9 Å². The number of benzene rings is 3. The van der Waals surface area contributed by atoms with Gasteiger partial charge in [-0.2, -0.15) is 0 Å². The van der Waals surface area contributed by atoms with Crippen molar-refractivity contribution in [1.29, 1.82) is 0 Å². The zero-order chi connectivity index (χ0) is 36.8. The quantitative estimate of drug-likeness (QED) is 0.0799. The molecule has 0 amide bonds. The summed E-state index contributed by atoms with van der Waals surface area (Å²) in [5.41, 5.74) is 9.89. The number of fused-ring (bicyclic) bond motifs is 6. The van der Waals surface area contributed by atoms with Crippen LogP contribution in [0.2, 0.25) is 0 Å². The summed E-state index contributed by atoms with van der Waals surface area (Å²) in [7, 11) is 0. The molecule has 6 heteroatoms. The molecule has 6 aromatic rings. The molecule has 7 rings (SSSR count). The average molecular weight is 900 g/mol. The minimum atomic E-state index is 0. The van der Waals surface area contributed by atoms with Gasteiger partial charge in [0.15, 0.2) is 5.78 Å². The summed E-state index contributed by atoms with van der Waals surface area (Å²) in [5.74, 6) is 1.14. The fourth-order valence-electron chi connectivity index (χ4n) is 7.49. The van der Waals surface area contributed by atoms with E-state index in [9.17, 15) is 9.90 Å². The third kappa shape index (κ3) is 8.89. The molecule has 0 bridgehead atoms. The molecular weight excluding hydrogens is 849 g/mol. The van der Waals surface area contributed by atoms with Gasteiger partial charge in [0.1, 0.15) is 0 Å². The fraction of sp³-hybridized carbons (Fsp3) is 0.340. The molecular formula is C47H51IrN2O2S-. The third-order valence-corrected chi connectivity index (χ3v) is 11.7. The molecule has 0 unspecified atom stereocenters. The van der Waals surface area contributed by atoms with Crippen LogP contribution in [0.5, 0.6) is 0 Å². The van der Waals surface area contributed by atoms with Crippen molar-refractivity contribution in [1.82, 2.24) is 9.97 Å². The van der Waals surface area contributed by atoms with Gasteiger partial charge in [-0.25, -0.2) is 0 Å². The van der Waals surface area contributed by atoms with Crippen LogP contribution in [0.25, 0.3) is 53.7 Å². The number of pyridine rings is 2. The topological polar surface area (TPSA) is 63.1 Å². The molecule has 277 valence electrons. The number of hydrogen-bond acceptors (Lipinski definition) is 5. The second-order valence-corrected chi connectivity index (χ2v) is 15.4. The number of aromatic nitrogens is 2. The Balaban J connectivity index is 0.000000290. The maximum Gasteiger partial charge on any atom is 0.162 e. The van der Waals surface area contributed by atoms with E-state index in [0.29, 0.717) is 5.92 Å². The number of ketones is 1. The van der Waals surface area contributed by atoms with E-state index >= 15 is 0 Å². The van der Waals surface area contributed by atoms with Gasteiger partial charge in [-0.1, -0.05) is 107 Å². The van der Waals surface area contributed by atoms with Gasteiger partial charge < -0.3 is 5.11 Å². The van der Waals surface area contributed by atoms with E-state index in [1.165, 1.54) is 59.9 Å². The summed E-state index contributed by atoms with van der Waals surface area (Å²) < 4.78 is 1.30. The van der Waals surface area contributed by atoms with Gasteiger partial charge in [0.25, 0.3) is 0 Å². The Kier molecular flexibility index (Phi) is 14.0. The predicted molar refractivity (Wildman–Crippen MR) is 220 cm³/mol. The first-order chi connectivity index (χ1) is 25.3. The molecule has 0 saturated heterocycles. The number of aliphatic hydroxyl groups excluding tert-OH is 1. The summed E-state index contributed by atoms with van der Waals surface area (Å²) in [6.45, 7) is 12.6. The molecule has 0 saturated carbocycles. The van der Waals surface area contributed by atoms with Crippen molar-refractivity contribution in [2.45, 2.75) is 86.5 Å². The number of allylic oxidation sites excluding steroid dienone is 2. The van der Waals surface area contributed by atoms with Gasteiger partial charge in [-0.15, -0.1) is 34.9 Å². The molecule has 3 aromatic heterocycles. The van der Waals surface area contributed by atoms with E-state index in [1.807, 2.05) is 45.2 Å². The van der Waals surface area contributed by atoms with Gasteiger partial charge in [0, 0.05) is 71.4 Å². The zero-order valence-electron chi connectivity index (χ0n) is 31.8. The Morgan fingerprint density at radius 3 is 2.26 bits per heavy atom. The number of hydrogen-bond donors (Lipinski definition) is 1. The van der Waals surface area contributed by atoms with E-state index in [0.717, 1.165) is 61.6 Å². The van der Waals surface area contributed by atoms with Crippen molar-refractivity contribution >= 4 is 38.0 Å². The molecule has 1 aliphatic rings. The molecule has 3 aromatic carbocycles. The van der Waals surface area contributed by atoms with E-state index in [4.69, 9.17) is 9.97 Å². The summed E-state index contributed by atoms with van der Waals surface area (Å²) in [6.07, 6.45) is 12.0. The van der Waals surface area contributed by atoms with Gasteiger partial charge in [0.2, 0.25) is 0 Å². The predicted octanol–water partition coefficient (Wildman–Crippen LogP) is 12.8. The third-order valence-electron chi connectivity index (χ3n) is 10.4. The number of aliphatic hydroxyl groups is 1. The summed E-state index contributed by atoms with van der Waals surface area (Å²) in [6, 6.07) is 29.7. The molecule has 4 nitrogen and oxygen atoms in total. The second kappa shape index (κ2) is 18.4. The standard InChI is InChI=1S/C34H27N2S.C13H24O2.Ir/c1-21(2)16-26-19-30-24(20-36-26)12-13-28-32-31(37-34(28)30)14-15-35-33(32)25-17-23-10-6-7-11-27(23)29(18-25)22-8-4-3-5-9-22;1-5-10(6-2)12(14)9-13(15)11(7-3)8-4;/h3-11,14-15,18-21H,12-13,16H2,1-2H3;9-11,14H,5-8H2,1-4H3;/q-1;;/b;12-9-;. The Hall–Kier alpha value is -3.96. The van der Waals surface area contributed by atoms with Crippen LogP contribution >= 0.6 is 11.3 Å². The van der Waals surface area contributed by atoms with E-state index in [-0.39, 0.29) is 43.5 Å². The van der Waals surface area contributed by atoms with Crippen molar-refractivity contribution in [3.8, 4) is 32.8 Å². The minimum Gasteiger partial charge on any atom is -0.512 e. The van der Waals surface area contributed by atoms with Crippen LogP contribution in [-0.2, 0) is 44.2 Å². The van der Waals surface area contributed by atoms with Gasteiger partial charge in [-0.05, 0) is 90.6 Å². The first-order valence-electron chi connectivity index (χ1n) is 19.1. The van der Waals surface area contributed by atoms with Crippen molar-refractivity contribution in [2.75, 3.05) is 0 Å². The number of carbonyl (C=O) groups excluding carboxylic acids is 1. The average Bonchev–Trinajstić information content (AvgIpc) is 3.55. The first kappa shape index (κ1) is 40.2. The number of carbonyl (C=O) groups is 1. The minimum absolute atomic E-state index is 0. The van der Waals surface area contributed by atoms with Crippen molar-refractivity contribution in [3.63, 3.8) is 0 Å². The molecule has 0 atom stereocenters. The number of thiophene rings is 1. The molecule has 0 aliphatic heterocycles.